The van der Waals surface area contributed by atoms with Crippen molar-refractivity contribution < 1.29 is 62.6 Å². The van der Waals surface area contributed by atoms with Crippen LogP contribution in [0.15, 0.2) is 0 Å². The quantitative estimate of drug-likeness (QED) is 0.0748. The van der Waals surface area contributed by atoms with Crippen molar-refractivity contribution >= 4 is 0 Å². The van der Waals surface area contributed by atoms with Gasteiger partial charge in [0.1, 0.15) is 25.3 Å². The molecule has 0 aliphatic carbocycles. The van der Waals surface area contributed by atoms with Crippen molar-refractivity contribution in [1.29, 1.82) is 0 Å². The number of ether oxygens (including phenoxy) is 2. The minimum atomic E-state index is -0.462. The summed E-state index contributed by atoms with van der Waals surface area (Å²) >= 11 is 0. The van der Waals surface area contributed by atoms with Gasteiger partial charge in [-0.15, -0.1) is 0 Å². The van der Waals surface area contributed by atoms with Gasteiger partial charge in [-0.3, -0.25) is 0 Å². The summed E-state index contributed by atoms with van der Waals surface area (Å²) in [6.07, 6.45) is 32.0. The minimum absolute atomic E-state index is 0. The lowest BCUT2D eigenvalue weighted by Crippen LogP contribution is -3.00. The molecule has 0 aliphatic rings. The predicted molar refractivity (Wildman–Crippen MR) is 199 cm³/mol. The van der Waals surface area contributed by atoms with Gasteiger partial charge >= 0.3 is 0 Å². The van der Waals surface area contributed by atoms with Crippen molar-refractivity contribution in [3.05, 3.63) is 0 Å². The molecule has 2 unspecified atom stereocenters. The first-order valence-electron chi connectivity index (χ1n) is 20.3. The molecule has 48 heavy (non-hydrogen) atoms. The van der Waals surface area contributed by atoms with E-state index in [0.717, 1.165) is 22.1 Å². The van der Waals surface area contributed by atoms with Crippen LogP contribution >= 0.6 is 0 Å². The van der Waals surface area contributed by atoms with E-state index in [2.05, 4.69) is 42.0 Å². The van der Waals surface area contributed by atoms with Gasteiger partial charge in [0, 0.05) is 0 Å². The van der Waals surface area contributed by atoms with Crippen LogP contribution in [0.2, 0.25) is 0 Å². The fraction of sp³-hybridized carbons (Fsp3) is 1.00. The number of halogens is 2. The molecule has 0 spiro atoms. The summed E-state index contributed by atoms with van der Waals surface area (Å²) in [5, 5.41) is 21.0. The summed E-state index contributed by atoms with van der Waals surface area (Å²) in [4.78, 5) is 0. The zero-order valence-electron chi connectivity index (χ0n) is 33.1. The molecule has 0 bridgehead atoms. The summed E-state index contributed by atoms with van der Waals surface area (Å²) in [5.74, 6) is 0. The molecule has 0 fully saturated rings. The van der Waals surface area contributed by atoms with Crippen LogP contribution in [0.4, 0.5) is 0 Å². The Bertz CT molecular complexity index is 576. The molecule has 294 valence electrons. The van der Waals surface area contributed by atoms with Crippen LogP contribution in [0.3, 0.4) is 0 Å². The minimum Gasteiger partial charge on any atom is -1.00 e. The monoisotopic (exact) mass is 816 g/mol. The van der Waals surface area contributed by atoms with Crippen molar-refractivity contribution in [3.63, 3.8) is 0 Å². The first-order valence-corrected chi connectivity index (χ1v) is 20.3. The lowest BCUT2D eigenvalue weighted by atomic mass is 10.1. The highest BCUT2D eigenvalue weighted by molar-refractivity contribution is 4.56. The van der Waals surface area contributed by atoms with Crippen molar-refractivity contribution in [2.24, 2.45) is 0 Å². The molecule has 2 N–H and O–H groups in total. The van der Waals surface area contributed by atoms with Gasteiger partial charge in [-0.05, 0) is 25.7 Å². The molecule has 0 aromatic rings. The first-order chi connectivity index (χ1) is 22.1. The van der Waals surface area contributed by atoms with E-state index in [0.29, 0.717) is 39.5 Å². The Balaban J connectivity index is -0.0000101. The molecule has 0 saturated carbocycles. The van der Waals surface area contributed by atoms with Crippen LogP contribution < -0.4 is 34.0 Å². The highest BCUT2D eigenvalue weighted by atomic mass is 79.9. The second-order valence-corrected chi connectivity index (χ2v) is 15.9. The lowest BCUT2D eigenvalue weighted by Gasteiger charge is -2.32. The van der Waals surface area contributed by atoms with E-state index in [1.54, 1.807) is 0 Å². The van der Waals surface area contributed by atoms with Crippen LogP contribution in [0.1, 0.15) is 168 Å². The van der Waals surface area contributed by atoms with Crippen molar-refractivity contribution in [3.8, 4) is 0 Å². The Morgan fingerprint density at radius 2 is 0.625 bits per heavy atom. The highest BCUT2D eigenvalue weighted by Crippen LogP contribution is 2.14. The van der Waals surface area contributed by atoms with Crippen LogP contribution in [0.5, 0.6) is 0 Å². The number of hydrogen-bond acceptors (Lipinski definition) is 4. The number of likely N-dealkylation sites (N-methyl/N-ethyl adjacent to an activating group) is 2. The average Bonchev–Trinajstić information content (AvgIpc) is 2.99. The van der Waals surface area contributed by atoms with Crippen LogP contribution in [0.25, 0.3) is 0 Å². The SMILES string of the molecule is CCCCCCCCCCCCCC[N+](C)(C)CC(O)COCCOCC(O)C[N+](C)(C)CCCCCCCCCCCCCC.[Br-].[Br-]. The Morgan fingerprint density at radius 1 is 0.396 bits per heavy atom. The smallest absolute Gasteiger partial charge is 0.126 e. The third-order valence-electron chi connectivity index (χ3n) is 9.64. The van der Waals surface area contributed by atoms with Crippen LogP contribution in [0, 0.1) is 0 Å². The number of aliphatic hydroxyl groups excluding tert-OH is 2. The highest BCUT2D eigenvalue weighted by Gasteiger charge is 2.21. The Hall–Kier alpha value is 0.720. The molecule has 0 rings (SSSR count). The van der Waals surface area contributed by atoms with Gasteiger partial charge in [0.2, 0.25) is 0 Å². The average molecular weight is 819 g/mol. The topological polar surface area (TPSA) is 58.9 Å². The molecule has 0 amide bonds. The molecule has 0 saturated heterocycles. The second-order valence-electron chi connectivity index (χ2n) is 15.9. The maximum absolute atomic E-state index is 10.5. The molecule has 0 heterocycles. The van der Waals surface area contributed by atoms with E-state index in [1.807, 2.05) is 0 Å². The standard InChI is InChI=1S/C40H86N2O4.2BrH/c1-7-9-11-13-15-17-19-21-23-25-27-29-31-41(3,4)35-39(43)37-45-33-34-46-38-40(44)36-42(5,6)32-30-28-26-24-22-20-18-16-14-12-10-8-2;;/h39-40,43-44H,7-38H2,1-6H3;2*1H/q+2;;/p-2. The summed E-state index contributed by atoms with van der Waals surface area (Å²) in [6.45, 7) is 9.78. The van der Waals surface area contributed by atoms with Gasteiger partial charge in [-0.2, -0.15) is 0 Å². The van der Waals surface area contributed by atoms with Gasteiger partial charge < -0.3 is 62.6 Å². The Labute approximate surface area is 322 Å². The zero-order valence-corrected chi connectivity index (χ0v) is 36.3. The van der Waals surface area contributed by atoms with E-state index >= 15 is 0 Å². The molecular weight excluding hydrogens is 732 g/mol. The van der Waals surface area contributed by atoms with E-state index in [1.165, 1.54) is 154 Å². The van der Waals surface area contributed by atoms with Crippen LogP contribution in [-0.4, -0.2) is 112 Å². The molecule has 2 atom stereocenters. The summed E-state index contributed by atoms with van der Waals surface area (Å²) in [5.41, 5.74) is 0. The maximum Gasteiger partial charge on any atom is 0.126 e. The van der Waals surface area contributed by atoms with Gasteiger partial charge in [0.05, 0.1) is 67.7 Å². The van der Waals surface area contributed by atoms with Gasteiger partial charge in [-0.25, -0.2) is 0 Å². The lowest BCUT2D eigenvalue weighted by molar-refractivity contribution is -0.893. The first kappa shape index (κ1) is 53.1. The fourth-order valence-corrected chi connectivity index (χ4v) is 6.75. The van der Waals surface area contributed by atoms with E-state index in [4.69, 9.17) is 9.47 Å². The number of unbranched alkanes of at least 4 members (excludes halogenated alkanes) is 22. The predicted octanol–water partition coefficient (Wildman–Crippen LogP) is 3.30. The van der Waals surface area contributed by atoms with Crippen molar-refractivity contribution in [2.45, 2.75) is 180 Å². The Morgan fingerprint density at radius 3 is 0.875 bits per heavy atom. The number of quaternary nitrogens is 2. The number of nitrogens with zero attached hydrogens (tertiary/aromatic N) is 2. The number of aliphatic hydroxyl groups is 2. The molecule has 0 aromatic heterocycles. The largest absolute Gasteiger partial charge is 1.00 e. The summed E-state index contributed by atoms with van der Waals surface area (Å²) in [6, 6.07) is 0. The van der Waals surface area contributed by atoms with Crippen molar-refractivity contribution in [1.82, 2.24) is 0 Å². The fourth-order valence-electron chi connectivity index (χ4n) is 6.75. The third-order valence-corrected chi connectivity index (χ3v) is 9.64. The third kappa shape index (κ3) is 39.5. The zero-order chi connectivity index (χ0) is 34.2. The molecular formula is C40H86Br2N2O4. The Kier molecular flexibility index (Phi) is 41.4. The maximum atomic E-state index is 10.5. The molecule has 0 aliphatic heterocycles. The van der Waals surface area contributed by atoms with Gasteiger partial charge in [0.15, 0.2) is 0 Å². The van der Waals surface area contributed by atoms with Gasteiger partial charge in [-0.1, -0.05) is 142 Å². The number of rotatable bonds is 37. The van der Waals surface area contributed by atoms with Crippen molar-refractivity contribution in [2.75, 3.05) is 80.8 Å². The second kappa shape index (κ2) is 37.5. The number of hydrogen-bond donors (Lipinski definition) is 2. The molecule has 6 nitrogen and oxygen atoms in total. The van der Waals surface area contributed by atoms with E-state index in [-0.39, 0.29) is 34.0 Å². The normalized spacial score (nSPS) is 13.2. The summed E-state index contributed by atoms with van der Waals surface area (Å²) in [7, 11) is 8.85. The van der Waals surface area contributed by atoms with Crippen LogP contribution in [-0.2, 0) is 9.47 Å². The molecule has 0 aromatic carbocycles. The summed E-state index contributed by atoms with van der Waals surface area (Å²) < 4.78 is 13.1. The van der Waals surface area contributed by atoms with E-state index in [9.17, 15) is 10.2 Å². The molecule has 0 radical (unpaired) electrons. The van der Waals surface area contributed by atoms with E-state index < -0.39 is 12.2 Å². The van der Waals surface area contributed by atoms with Gasteiger partial charge in [0.25, 0.3) is 0 Å². The molecule has 8 heteroatoms.